The lowest BCUT2D eigenvalue weighted by Crippen LogP contribution is -2.40. The molecule has 0 unspecified atom stereocenters. The lowest BCUT2D eigenvalue weighted by molar-refractivity contribution is -0.129. The van der Waals surface area contributed by atoms with Crippen LogP contribution in [0.4, 0.5) is 0 Å². The maximum absolute atomic E-state index is 12.2. The van der Waals surface area contributed by atoms with Crippen LogP contribution in [0.1, 0.15) is 12.0 Å². The summed E-state index contributed by atoms with van der Waals surface area (Å²) >= 11 is 0. The predicted octanol–water partition coefficient (Wildman–Crippen LogP) is 0.140. The largest absolute Gasteiger partial charge is 0.380 e. The monoisotopic (exact) mass is 280 g/mol. The number of carbonyl (C=O) groups is 1. The minimum Gasteiger partial charge on any atom is -0.380 e. The fourth-order valence-electron chi connectivity index (χ4n) is 2.70. The zero-order chi connectivity index (χ0) is 14.7. The lowest BCUT2D eigenvalue weighted by atomic mass is 10.1. The number of likely N-dealkylation sites (tertiary alicyclic amines) is 1. The van der Waals surface area contributed by atoms with Gasteiger partial charge in [0.15, 0.2) is 0 Å². The van der Waals surface area contributed by atoms with E-state index in [-0.39, 0.29) is 12.0 Å². The molecule has 1 aliphatic heterocycles. The number of ether oxygens (including phenoxy) is 1. The fraction of sp³-hybridized carbons (Fsp3) is 0.714. The van der Waals surface area contributed by atoms with E-state index < -0.39 is 0 Å². The summed E-state index contributed by atoms with van der Waals surface area (Å²) in [5.41, 5.74) is 0.957. The molecule has 1 saturated heterocycles. The molecular weight excluding hydrogens is 256 g/mol. The number of carbonyl (C=O) groups excluding carboxylic acids is 1. The molecule has 1 aromatic rings. The van der Waals surface area contributed by atoms with Crippen LogP contribution < -0.4 is 0 Å². The third-order valence-corrected chi connectivity index (χ3v) is 4.01. The number of hydrogen-bond acceptors (Lipinski definition) is 4. The standard InChI is InChI=1S/C14H24N4O2/c1-16-10-13(20-4)6-12(16)9-17(2)14(19)5-11-7-15-18(3)8-11/h7-8,12-13H,5-6,9-10H2,1-4H3/t12-,13-/m0/s1. The molecule has 0 saturated carbocycles. The van der Waals surface area contributed by atoms with Crippen molar-refractivity contribution in [3.8, 4) is 0 Å². The Bertz CT molecular complexity index is 460. The minimum absolute atomic E-state index is 0.132. The Balaban J connectivity index is 1.85. The van der Waals surface area contributed by atoms with Crippen LogP contribution in [0.3, 0.4) is 0 Å². The number of likely N-dealkylation sites (N-methyl/N-ethyl adjacent to an activating group) is 2. The summed E-state index contributed by atoms with van der Waals surface area (Å²) in [6, 6.07) is 0.378. The summed E-state index contributed by atoms with van der Waals surface area (Å²) in [5.74, 6) is 0.132. The molecule has 112 valence electrons. The summed E-state index contributed by atoms with van der Waals surface area (Å²) in [4.78, 5) is 16.3. The zero-order valence-electron chi connectivity index (χ0n) is 12.7. The molecule has 2 rings (SSSR count). The second kappa shape index (κ2) is 6.37. The number of rotatable bonds is 5. The van der Waals surface area contributed by atoms with E-state index in [1.165, 1.54) is 0 Å². The first-order valence-corrected chi connectivity index (χ1v) is 6.94. The molecule has 0 radical (unpaired) electrons. The Morgan fingerprint density at radius 1 is 1.55 bits per heavy atom. The molecule has 6 heteroatoms. The van der Waals surface area contributed by atoms with Crippen LogP contribution in [0.2, 0.25) is 0 Å². The van der Waals surface area contributed by atoms with Crippen molar-refractivity contribution >= 4 is 5.91 Å². The second-order valence-corrected chi connectivity index (χ2v) is 5.66. The van der Waals surface area contributed by atoms with Crippen molar-refractivity contribution in [1.29, 1.82) is 0 Å². The first-order chi connectivity index (χ1) is 9.49. The predicted molar refractivity (Wildman–Crippen MR) is 76.4 cm³/mol. The highest BCUT2D eigenvalue weighted by Crippen LogP contribution is 2.18. The molecule has 0 bridgehead atoms. The quantitative estimate of drug-likeness (QED) is 0.770. The van der Waals surface area contributed by atoms with E-state index in [0.29, 0.717) is 12.5 Å². The summed E-state index contributed by atoms with van der Waals surface area (Å²) < 4.78 is 7.11. The molecule has 0 spiro atoms. The Morgan fingerprint density at radius 3 is 2.85 bits per heavy atom. The van der Waals surface area contributed by atoms with Gasteiger partial charge in [-0.15, -0.1) is 0 Å². The van der Waals surface area contributed by atoms with Gasteiger partial charge in [0.1, 0.15) is 0 Å². The summed E-state index contributed by atoms with van der Waals surface area (Å²) in [6.07, 6.45) is 5.31. The highest BCUT2D eigenvalue weighted by molar-refractivity contribution is 5.78. The van der Waals surface area contributed by atoms with Crippen molar-refractivity contribution < 1.29 is 9.53 Å². The summed E-state index contributed by atoms with van der Waals surface area (Å²) in [6.45, 7) is 1.68. The van der Waals surface area contributed by atoms with Crippen LogP contribution in [0.15, 0.2) is 12.4 Å². The van der Waals surface area contributed by atoms with E-state index in [2.05, 4.69) is 17.0 Å². The van der Waals surface area contributed by atoms with Crippen LogP contribution in [0.5, 0.6) is 0 Å². The Hall–Kier alpha value is -1.40. The van der Waals surface area contributed by atoms with Crippen molar-refractivity contribution in [3.63, 3.8) is 0 Å². The smallest absolute Gasteiger partial charge is 0.226 e. The number of amides is 1. The summed E-state index contributed by atoms with van der Waals surface area (Å²) in [7, 11) is 7.56. The van der Waals surface area contributed by atoms with E-state index in [1.807, 2.05) is 25.2 Å². The highest BCUT2D eigenvalue weighted by atomic mass is 16.5. The molecule has 1 fully saturated rings. The molecule has 1 amide bonds. The lowest BCUT2D eigenvalue weighted by Gasteiger charge is -2.25. The van der Waals surface area contributed by atoms with Gasteiger partial charge in [-0.05, 0) is 19.0 Å². The van der Waals surface area contributed by atoms with Crippen LogP contribution in [0.25, 0.3) is 0 Å². The van der Waals surface area contributed by atoms with Gasteiger partial charge in [-0.3, -0.25) is 14.4 Å². The third-order valence-electron chi connectivity index (χ3n) is 4.01. The average molecular weight is 280 g/mol. The van der Waals surface area contributed by atoms with Crippen molar-refractivity contribution in [1.82, 2.24) is 19.6 Å². The molecule has 1 aliphatic rings. The fourth-order valence-corrected chi connectivity index (χ4v) is 2.70. The maximum atomic E-state index is 12.2. The molecule has 2 atom stereocenters. The van der Waals surface area contributed by atoms with Crippen LogP contribution in [0, 0.1) is 0 Å². The maximum Gasteiger partial charge on any atom is 0.226 e. The van der Waals surface area contributed by atoms with Crippen molar-refractivity contribution in [3.05, 3.63) is 18.0 Å². The van der Waals surface area contributed by atoms with Crippen molar-refractivity contribution in [2.45, 2.75) is 25.0 Å². The van der Waals surface area contributed by atoms with Crippen LogP contribution >= 0.6 is 0 Å². The zero-order valence-corrected chi connectivity index (χ0v) is 12.7. The molecule has 20 heavy (non-hydrogen) atoms. The summed E-state index contributed by atoms with van der Waals surface area (Å²) in [5, 5.41) is 4.09. The molecule has 1 aromatic heterocycles. The van der Waals surface area contributed by atoms with Gasteiger partial charge < -0.3 is 9.64 Å². The molecule has 0 N–H and O–H groups in total. The molecular formula is C14H24N4O2. The number of hydrogen-bond donors (Lipinski definition) is 0. The van der Waals surface area contributed by atoms with Gasteiger partial charge in [0, 0.05) is 46.5 Å². The average Bonchev–Trinajstić information content (AvgIpc) is 2.96. The van der Waals surface area contributed by atoms with Gasteiger partial charge in [-0.2, -0.15) is 5.10 Å². The van der Waals surface area contributed by atoms with Crippen molar-refractivity contribution in [2.24, 2.45) is 7.05 Å². The SMILES string of the molecule is CO[C@H]1C[C@@H](CN(C)C(=O)Cc2cnn(C)c2)N(C)C1. The number of aryl methyl sites for hydroxylation is 1. The number of nitrogens with zero attached hydrogens (tertiary/aromatic N) is 4. The Morgan fingerprint density at radius 2 is 2.30 bits per heavy atom. The van der Waals surface area contributed by atoms with Crippen LogP contribution in [-0.2, 0) is 23.0 Å². The van der Waals surface area contributed by atoms with E-state index in [4.69, 9.17) is 4.74 Å². The van der Waals surface area contributed by atoms with Gasteiger partial charge in [0.2, 0.25) is 5.91 Å². The second-order valence-electron chi connectivity index (χ2n) is 5.66. The van der Waals surface area contributed by atoms with Gasteiger partial charge in [0.05, 0.1) is 18.7 Å². The van der Waals surface area contributed by atoms with Gasteiger partial charge in [0.25, 0.3) is 0 Å². The highest BCUT2D eigenvalue weighted by Gasteiger charge is 2.30. The minimum atomic E-state index is 0.132. The van der Waals surface area contributed by atoms with Crippen LogP contribution in [-0.4, -0.2) is 71.9 Å². The number of aromatic nitrogens is 2. The molecule has 0 aliphatic carbocycles. The first kappa shape index (κ1) is 15.0. The molecule has 6 nitrogen and oxygen atoms in total. The van der Waals surface area contributed by atoms with E-state index in [9.17, 15) is 4.79 Å². The van der Waals surface area contributed by atoms with E-state index >= 15 is 0 Å². The number of methoxy groups -OCH3 is 1. The van der Waals surface area contributed by atoms with Gasteiger partial charge in [-0.1, -0.05) is 0 Å². The Labute approximate surface area is 120 Å². The van der Waals surface area contributed by atoms with Gasteiger partial charge >= 0.3 is 0 Å². The normalized spacial score (nSPS) is 23.2. The third kappa shape index (κ3) is 3.58. The van der Waals surface area contributed by atoms with Gasteiger partial charge in [-0.25, -0.2) is 0 Å². The van der Waals surface area contributed by atoms with Crippen molar-refractivity contribution in [2.75, 3.05) is 34.3 Å². The first-order valence-electron chi connectivity index (χ1n) is 6.94. The molecule has 0 aromatic carbocycles. The molecule has 2 heterocycles. The topological polar surface area (TPSA) is 50.6 Å². The Kier molecular flexibility index (Phi) is 4.77. The van der Waals surface area contributed by atoms with E-state index in [0.717, 1.165) is 25.1 Å². The van der Waals surface area contributed by atoms with E-state index in [1.54, 1.807) is 18.0 Å².